The summed E-state index contributed by atoms with van der Waals surface area (Å²) >= 11 is 0. The molecular formula is C11H12N2O5. The fraction of sp³-hybridized carbons (Fsp3) is 0.182. The minimum atomic E-state index is -1.50. The van der Waals surface area contributed by atoms with Gasteiger partial charge in [-0.2, -0.15) is 0 Å². The lowest BCUT2D eigenvalue weighted by molar-refractivity contribution is -0.139. The molecular weight excluding hydrogens is 240 g/mol. The zero-order valence-electron chi connectivity index (χ0n) is 9.29. The van der Waals surface area contributed by atoms with Gasteiger partial charge in [-0.05, 0) is 12.1 Å². The Bertz CT molecular complexity index is 486. The molecule has 1 amide bonds. The largest absolute Gasteiger partial charge is 0.480 e. The molecule has 1 atom stereocenters. The summed E-state index contributed by atoms with van der Waals surface area (Å²) < 4.78 is 0. The number of nitrogens with one attached hydrogen (secondary N) is 1. The molecule has 96 valence electrons. The monoisotopic (exact) mass is 252 g/mol. The molecule has 0 unspecified atom stereocenters. The van der Waals surface area contributed by atoms with Gasteiger partial charge < -0.3 is 21.3 Å². The van der Waals surface area contributed by atoms with Crippen LogP contribution in [0.4, 0.5) is 10.5 Å². The number of carbonyl (C=O) groups excluding carboxylic acids is 1. The molecule has 7 heteroatoms. The second kappa shape index (κ2) is 5.67. The van der Waals surface area contributed by atoms with Crippen molar-refractivity contribution in [2.75, 3.05) is 5.73 Å². The molecule has 5 N–H and O–H groups in total. The van der Waals surface area contributed by atoms with Gasteiger partial charge in [0, 0.05) is 17.7 Å². The number of anilines is 1. The molecule has 0 aliphatic heterocycles. The smallest absolute Gasteiger partial charge is 0.405 e. The molecule has 0 aliphatic rings. The summed E-state index contributed by atoms with van der Waals surface area (Å²) in [6.45, 7) is 0. The van der Waals surface area contributed by atoms with Crippen molar-refractivity contribution in [3.05, 3.63) is 29.8 Å². The van der Waals surface area contributed by atoms with E-state index in [4.69, 9.17) is 15.9 Å². The molecule has 0 saturated carbocycles. The molecule has 18 heavy (non-hydrogen) atoms. The summed E-state index contributed by atoms with van der Waals surface area (Å²) in [4.78, 5) is 33.0. The summed E-state index contributed by atoms with van der Waals surface area (Å²) in [5.41, 5.74) is 5.97. The van der Waals surface area contributed by atoms with E-state index in [0.29, 0.717) is 0 Å². The normalized spacial score (nSPS) is 11.6. The number of ketones is 1. The van der Waals surface area contributed by atoms with Crippen molar-refractivity contribution >= 4 is 23.5 Å². The molecule has 0 aliphatic carbocycles. The average Bonchev–Trinajstić information content (AvgIpc) is 2.27. The fourth-order valence-corrected chi connectivity index (χ4v) is 1.40. The van der Waals surface area contributed by atoms with Crippen LogP contribution in [0.1, 0.15) is 16.8 Å². The maximum atomic E-state index is 11.8. The summed E-state index contributed by atoms with van der Waals surface area (Å²) in [7, 11) is 0. The first-order valence-electron chi connectivity index (χ1n) is 5.01. The second-order valence-corrected chi connectivity index (χ2v) is 3.55. The van der Waals surface area contributed by atoms with Crippen molar-refractivity contribution in [1.29, 1.82) is 0 Å². The lowest BCUT2D eigenvalue weighted by Crippen LogP contribution is -2.41. The van der Waals surface area contributed by atoms with Gasteiger partial charge in [0.15, 0.2) is 5.78 Å². The van der Waals surface area contributed by atoms with Crippen molar-refractivity contribution < 1.29 is 24.6 Å². The summed E-state index contributed by atoms with van der Waals surface area (Å²) in [5, 5.41) is 19.0. The van der Waals surface area contributed by atoms with Crippen LogP contribution in [0.25, 0.3) is 0 Å². The number of Topliss-reactive ketones (excluding diaryl/α,β-unsaturated/α-hetero) is 1. The minimum absolute atomic E-state index is 0.177. The van der Waals surface area contributed by atoms with Gasteiger partial charge in [-0.1, -0.05) is 12.1 Å². The van der Waals surface area contributed by atoms with E-state index in [9.17, 15) is 14.4 Å². The lowest BCUT2D eigenvalue weighted by atomic mass is 10.0. The number of rotatable bonds is 5. The van der Waals surface area contributed by atoms with Crippen LogP contribution in [0.5, 0.6) is 0 Å². The summed E-state index contributed by atoms with van der Waals surface area (Å²) in [6, 6.07) is 4.69. The van der Waals surface area contributed by atoms with Gasteiger partial charge in [0.2, 0.25) is 0 Å². The van der Waals surface area contributed by atoms with Crippen LogP contribution in [0.3, 0.4) is 0 Å². The molecule has 1 rings (SSSR count). The number of aliphatic carboxylic acids is 1. The highest BCUT2D eigenvalue weighted by Gasteiger charge is 2.24. The number of nitrogen functional groups attached to an aromatic ring is 1. The third-order valence-corrected chi connectivity index (χ3v) is 2.25. The molecule has 0 heterocycles. The highest BCUT2D eigenvalue weighted by molar-refractivity contribution is 6.03. The molecule has 7 nitrogen and oxygen atoms in total. The number of carbonyl (C=O) groups is 3. The topological polar surface area (TPSA) is 130 Å². The van der Waals surface area contributed by atoms with E-state index in [1.165, 1.54) is 12.1 Å². The van der Waals surface area contributed by atoms with E-state index >= 15 is 0 Å². The van der Waals surface area contributed by atoms with Crippen LogP contribution in [-0.2, 0) is 4.79 Å². The highest BCUT2D eigenvalue weighted by atomic mass is 16.4. The predicted molar refractivity (Wildman–Crippen MR) is 62.4 cm³/mol. The van der Waals surface area contributed by atoms with Gasteiger partial charge in [0.1, 0.15) is 6.04 Å². The number of para-hydroxylation sites is 1. The Balaban J connectivity index is 2.82. The van der Waals surface area contributed by atoms with Crippen LogP contribution in [-0.4, -0.2) is 34.1 Å². The Hall–Kier alpha value is -2.57. The molecule has 0 radical (unpaired) electrons. The maximum absolute atomic E-state index is 11.8. The molecule has 1 aromatic rings. The number of benzene rings is 1. The van der Waals surface area contributed by atoms with Crippen LogP contribution in [0, 0.1) is 0 Å². The number of carboxylic acid groups (broad SMARTS) is 2. The van der Waals surface area contributed by atoms with E-state index in [2.05, 4.69) is 0 Å². The van der Waals surface area contributed by atoms with E-state index in [1.54, 1.807) is 17.4 Å². The quantitative estimate of drug-likeness (QED) is 0.447. The summed E-state index contributed by atoms with van der Waals surface area (Å²) in [6.07, 6.45) is -1.99. The van der Waals surface area contributed by atoms with Gasteiger partial charge in [-0.15, -0.1) is 0 Å². The van der Waals surface area contributed by atoms with Crippen molar-refractivity contribution in [1.82, 2.24) is 5.32 Å². The molecule has 1 aromatic carbocycles. The first kappa shape index (κ1) is 13.5. The Kier molecular flexibility index (Phi) is 4.25. The van der Waals surface area contributed by atoms with Crippen LogP contribution >= 0.6 is 0 Å². The van der Waals surface area contributed by atoms with Gasteiger partial charge >= 0.3 is 12.1 Å². The van der Waals surface area contributed by atoms with E-state index in [0.717, 1.165) is 0 Å². The Labute approximate surface area is 102 Å². The third-order valence-electron chi connectivity index (χ3n) is 2.25. The van der Waals surface area contributed by atoms with Gasteiger partial charge in [0.25, 0.3) is 0 Å². The van der Waals surface area contributed by atoms with Crippen LogP contribution in [0.15, 0.2) is 24.3 Å². The van der Waals surface area contributed by atoms with Crippen LogP contribution < -0.4 is 11.1 Å². The highest BCUT2D eigenvalue weighted by Crippen LogP contribution is 2.14. The molecule has 0 saturated heterocycles. The van der Waals surface area contributed by atoms with Crippen molar-refractivity contribution in [3.63, 3.8) is 0 Å². The fourth-order valence-electron chi connectivity index (χ4n) is 1.40. The number of hydrogen-bond acceptors (Lipinski definition) is 4. The first-order chi connectivity index (χ1) is 8.41. The maximum Gasteiger partial charge on any atom is 0.405 e. The summed E-state index contributed by atoms with van der Waals surface area (Å²) in [5.74, 6) is -1.95. The first-order valence-corrected chi connectivity index (χ1v) is 5.01. The van der Waals surface area contributed by atoms with E-state index in [-0.39, 0.29) is 11.3 Å². The van der Waals surface area contributed by atoms with Crippen molar-refractivity contribution in [2.24, 2.45) is 0 Å². The molecule has 0 fully saturated rings. The molecule has 0 aromatic heterocycles. The Morgan fingerprint density at radius 2 is 1.83 bits per heavy atom. The Morgan fingerprint density at radius 1 is 1.22 bits per heavy atom. The zero-order valence-corrected chi connectivity index (χ0v) is 9.29. The minimum Gasteiger partial charge on any atom is -0.480 e. The second-order valence-electron chi connectivity index (χ2n) is 3.55. The van der Waals surface area contributed by atoms with E-state index < -0.39 is 30.3 Å². The average molecular weight is 252 g/mol. The van der Waals surface area contributed by atoms with Gasteiger partial charge in [0.05, 0.1) is 0 Å². The SMILES string of the molecule is Nc1ccccc1C(=O)C[C@H](NC(=O)O)C(=O)O. The van der Waals surface area contributed by atoms with Crippen molar-refractivity contribution in [2.45, 2.75) is 12.5 Å². The number of carboxylic acids is 1. The number of nitrogens with two attached hydrogens (primary N) is 1. The van der Waals surface area contributed by atoms with E-state index in [1.807, 2.05) is 0 Å². The third kappa shape index (κ3) is 3.48. The van der Waals surface area contributed by atoms with Gasteiger partial charge in [-0.3, -0.25) is 4.79 Å². The van der Waals surface area contributed by atoms with Crippen LogP contribution in [0.2, 0.25) is 0 Å². The van der Waals surface area contributed by atoms with Crippen molar-refractivity contribution in [3.8, 4) is 0 Å². The standard InChI is InChI=1S/C11H12N2O5/c12-7-4-2-1-3-6(7)9(14)5-8(10(15)16)13-11(17)18/h1-4,8,13H,5,12H2,(H,15,16)(H,17,18)/t8-/m0/s1. The van der Waals surface area contributed by atoms with Gasteiger partial charge in [-0.25, -0.2) is 9.59 Å². The lowest BCUT2D eigenvalue weighted by Gasteiger charge is -2.12. The number of hydrogen-bond donors (Lipinski definition) is 4. The Morgan fingerprint density at radius 3 is 2.33 bits per heavy atom. The molecule has 0 bridgehead atoms. The molecule has 0 spiro atoms. The predicted octanol–water partition coefficient (Wildman–Crippen LogP) is 0.562. The number of amides is 1. The zero-order chi connectivity index (χ0) is 13.7.